The molecule has 1 heterocycles. The SMILES string of the molecule is CC(C)[C@H]1CN(C2CC2)C(=O)O1. The molecule has 0 bridgehead atoms. The quantitative estimate of drug-likeness (QED) is 0.628. The Kier molecular flexibility index (Phi) is 1.74. The van der Waals surface area contributed by atoms with Crippen LogP contribution >= 0.6 is 0 Å². The van der Waals surface area contributed by atoms with Crippen LogP contribution in [0.1, 0.15) is 26.7 Å². The van der Waals surface area contributed by atoms with Crippen molar-refractivity contribution in [1.29, 1.82) is 0 Å². The van der Waals surface area contributed by atoms with Gasteiger partial charge in [0.25, 0.3) is 0 Å². The molecule has 0 N–H and O–H groups in total. The fraction of sp³-hybridized carbons (Fsp3) is 0.889. The van der Waals surface area contributed by atoms with Gasteiger partial charge in [0.05, 0.1) is 6.54 Å². The molecule has 3 heteroatoms. The Bertz CT molecular complexity index is 199. The van der Waals surface area contributed by atoms with Crippen molar-refractivity contribution in [3.8, 4) is 0 Å². The number of nitrogens with zero attached hydrogens (tertiary/aromatic N) is 1. The van der Waals surface area contributed by atoms with Crippen LogP contribution in [0.15, 0.2) is 0 Å². The molecule has 2 aliphatic rings. The Balaban J connectivity index is 1.97. The van der Waals surface area contributed by atoms with Gasteiger partial charge < -0.3 is 9.64 Å². The zero-order valence-electron chi connectivity index (χ0n) is 7.62. The minimum atomic E-state index is -0.101. The van der Waals surface area contributed by atoms with Crippen LogP contribution in [-0.4, -0.2) is 29.7 Å². The molecule has 0 aromatic carbocycles. The van der Waals surface area contributed by atoms with E-state index in [0.717, 1.165) is 6.54 Å². The summed E-state index contributed by atoms with van der Waals surface area (Å²) in [6.45, 7) is 4.99. The van der Waals surface area contributed by atoms with E-state index in [0.29, 0.717) is 12.0 Å². The Labute approximate surface area is 72.7 Å². The minimum absolute atomic E-state index is 0.101. The summed E-state index contributed by atoms with van der Waals surface area (Å²) in [6, 6.07) is 0.501. The van der Waals surface area contributed by atoms with Crippen molar-refractivity contribution < 1.29 is 9.53 Å². The molecular weight excluding hydrogens is 154 g/mol. The molecule has 0 aromatic heterocycles. The summed E-state index contributed by atoms with van der Waals surface area (Å²) >= 11 is 0. The predicted octanol–water partition coefficient (Wildman–Crippen LogP) is 1.63. The van der Waals surface area contributed by atoms with Crippen molar-refractivity contribution in [3.63, 3.8) is 0 Å². The molecule has 1 saturated heterocycles. The van der Waals surface area contributed by atoms with Crippen molar-refractivity contribution in [1.82, 2.24) is 4.90 Å². The van der Waals surface area contributed by atoms with Gasteiger partial charge in [0.15, 0.2) is 0 Å². The third kappa shape index (κ3) is 1.28. The third-order valence-corrected chi connectivity index (χ3v) is 2.59. The van der Waals surface area contributed by atoms with Crippen LogP contribution in [0.2, 0.25) is 0 Å². The molecule has 1 aliphatic heterocycles. The average molecular weight is 169 g/mol. The van der Waals surface area contributed by atoms with Crippen LogP contribution in [-0.2, 0) is 4.74 Å². The Hall–Kier alpha value is -0.730. The van der Waals surface area contributed by atoms with Crippen molar-refractivity contribution in [2.45, 2.75) is 38.8 Å². The van der Waals surface area contributed by atoms with Gasteiger partial charge in [0, 0.05) is 6.04 Å². The normalized spacial score (nSPS) is 29.8. The lowest BCUT2D eigenvalue weighted by molar-refractivity contribution is 0.112. The molecule has 12 heavy (non-hydrogen) atoms. The van der Waals surface area contributed by atoms with Crippen LogP contribution in [0, 0.1) is 5.92 Å². The van der Waals surface area contributed by atoms with Gasteiger partial charge in [-0.05, 0) is 18.8 Å². The number of hydrogen-bond donors (Lipinski definition) is 0. The largest absolute Gasteiger partial charge is 0.444 e. The van der Waals surface area contributed by atoms with Gasteiger partial charge in [-0.3, -0.25) is 0 Å². The highest BCUT2D eigenvalue weighted by molar-refractivity contribution is 5.70. The van der Waals surface area contributed by atoms with Crippen LogP contribution in [0.4, 0.5) is 4.79 Å². The van der Waals surface area contributed by atoms with Gasteiger partial charge in [-0.15, -0.1) is 0 Å². The molecule has 1 atom stereocenters. The van der Waals surface area contributed by atoms with Gasteiger partial charge >= 0.3 is 6.09 Å². The van der Waals surface area contributed by atoms with Gasteiger partial charge in [-0.2, -0.15) is 0 Å². The first kappa shape index (κ1) is 7.90. The van der Waals surface area contributed by atoms with Crippen LogP contribution in [0.3, 0.4) is 0 Å². The van der Waals surface area contributed by atoms with E-state index in [4.69, 9.17) is 4.74 Å². The molecule has 0 radical (unpaired) electrons. The summed E-state index contributed by atoms with van der Waals surface area (Å²) in [7, 11) is 0. The predicted molar refractivity (Wildman–Crippen MR) is 44.8 cm³/mol. The lowest BCUT2D eigenvalue weighted by Crippen LogP contribution is -2.28. The number of rotatable bonds is 2. The van der Waals surface area contributed by atoms with E-state index in [9.17, 15) is 4.79 Å². The smallest absolute Gasteiger partial charge is 0.410 e. The number of hydrogen-bond acceptors (Lipinski definition) is 2. The zero-order chi connectivity index (χ0) is 8.72. The van der Waals surface area contributed by atoms with Crippen molar-refractivity contribution in [3.05, 3.63) is 0 Å². The fourth-order valence-corrected chi connectivity index (χ4v) is 1.53. The molecule has 1 saturated carbocycles. The van der Waals surface area contributed by atoms with E-state index in [-0.39, 0.29) is 12.2 Å². The molecule has 2 rings (SSSR count). The second-order valence-electron chi connectivity index (χ2n) is 4.05. The van der Waals surface area contributed by atoms with E-state index in [1.807, 2.05) is 4.90 Å². The van der Waals surface area contributed by atoms with E-state index in [1.165, 1.54) is 12.8 Å². The van der Waals surface area contributed by atoms with E-state index in [1.54, 1.807) is 0 Å². The molecule has 0 unspecified atom stereocenters. The summed E-state index contributed by atoms with van der Waals surface area (Å²) in [6.07, 6.45) is 2.36. The monoisotopic (exact) mass is 169 g/mol. The second-order valence-corrected chi connectivity index (χ2v) is 4.05. The maximum atomic E-state index is 11.3. The lowest BCUT2D eigenvalue weighted by atomic mass is 10.1. The van der Waals surface area contributed by atoms with Crippen molar-refractivity contribution >= 4 is 6.09 Å². The van der Waals surface area contributed by atoms with Crippen LogP contribution in [0.25, 0.3) is 0 Å². The summed E-state index contributed by atoms with van der Waals surface area (Å²) in [5.74, 6) is 0.442. The molecule has 68 valence electrons. The highest BCUT2D eigenvalue weighted by atomic mass is 16.6. The highest BCUT2D eigenvalue weighted by Crippen LogP contribution is 2.31. The van der Waals surface area contributed by atoms with Crippen molar-refractivity contribution in [2.24, 2.45) is 5.92 Å². The Morgan fingerprint density at radius 1 is 1.50 bits per heavy atom. The molecular formula is C9H15NO2. The molecule has 3 nitrogen and oxygen atoms in total. The number of carbonyl (C=O) groups excluding carboxylic acids is 1. The first-order valence-corrected chi connectivity index (χ1v) is 4.65. The van der Waals surface area contributed by atoms with Crippen LogP contribution in [0.5, 0.6) is 0 Å². The van der Waals surface area contributed by atoms with Gasteiger partial charge in [0.1, 0.15) is 6.10 Å². The van der Waals surface area contributed by atoms with E-state index < -0.39 is 0 Å². The molecule has 1 amide bonds. The molecule has 1 aliphatic carbocycles. The number of ether oxygens (including phenoxy) is 1. The fourth-order valence-electron chi connectivity index (χ4n) is 1.53. The average Bonchev–Trinajstić information content (AvgIpc) is 2.75. The first-order chi connectivity index (χ1) is 5.68. The maximum Gasteiger partial charge on any atom is 0.410 e. The third-order valence-electron chi connectivity index (χ3n) is 2.59. The molecule has 0 aromatic rings. The van der Waals surface area contributed by atoms with Gasteiger partial charge in [-0.1, -0.05) is 13.8 Å². The van der Waals surface area contributed by atoms with Crippen LogP contribution < -0.4 is 0 Å². The number of carbonyl (C=O) groups is 1. The highest BCUT2D eigenvalue weighted by Gasteiger charge is 2.41. The Morgan fingerprint density at radius 3 is 2.58 bits per heavy atom. The van der Waals surface area contributed by atoms with E-state index >= 15 is 0 Å². The maximum absolute atomic E-state index is 11.3. The first-order valence-electron chi connectivity index (χ1n) is 4.65. The minimum Gasteiger partial charge on any atom is -0.444 e. The molecule has 2 fully saturated rings. The number of amides is 1. The van der Waals surface area contributed by atoms with Gasteiger partial charge in [-0.25, -0.2) is 4.79 Å². The lowest BCUT2D eigenvalue weighted by Gasteiger charge is -2.12. The van der Waals surface area contributed by atoms with Crippen molar-refractivity contribution in [2.75, 3.05) is 6.54 Å². The number of cyclic esters (lactones) is 1. The van der Waals surface area contributed by atoms with Gasteiger partial charge in [0.2, 0.25) is 0 Å². The van der Waals surface area contributed by atoms with E-state index in [2.05, 4.69) is 13.8 Å². The zero-order valence-corrected chi connectivity index (χ0v) is 7.62. The second kappa shape index (κ2) is 2.64. The summed E-state index contributed by atoms with van der Waals surface area (Å²) < 4.78 is 5.22. The molecule has 0 spiro atoms. The summed E-state index contributed by atoms with van der Waals surface area (Å²) in [4.78, 5) is 13.2. The summed E-state index contributed by atoms with van der Waals surface area (Å²) in [5, 5.41) is 0. The standard InChI is InChI=1S/C9H15NO2/c1-6(2)8-5-10(7-3-4-7)9(11)12-8/h6-8H,3-5H2,1-2H3/t8-/m1/s1. The summed E-state index contributed by atoms with van der Waals surface area (Å²) in [5.41, 5.74) is 0. The topological polar surface area (TPSA) is 29.5 Å². The Morgan fingerprint density at radius 2 is 2.17 bits per heavy atom.